The number of quaternary nitrogens is 1. The minimum Gasteiger partial charge on any atom is -0.392 e. The van der Waals surface area contributed by atoms with Crippen molar-refractivity contribution in [2.24, 2.45) is 11.8 Å². The van der Waals surface area contributed by atoms with Crippen LogP contribution in [0.25, 0.3) is 0 Å². The molecule has 0 aromatic heterocycles. The second-order valence-corrected chi connectivity index (χ2v) is 5.89. The number of hydrogen-bond acceptors (Lipinski definition) is 1. The minimum absolute atomic E-state index is 0.0469. The summed E-state index contributed by atoms with van der Waals surface area (Å²) in [6.45, 7) is 2.75. The maximum atomic E-state index is 10.3. The van der Waals surface area contributed by atoms with Crippen molar-refractivity contribution in [3.05, 3.63) is 0 Å². The monoisotopic (exact) mass is 210 g/mol. The predicted octanol–water partition coefficient (Wildman–Crippen LogP) is 0.605. The Morgan fingerprint density at radius 1 is 0.867 bits per heavy atom. The zero-order valence-corrected chi connectivity index (χ0v) is 9.62. The predicted molar refractivity (Wildman–Crippen MR) is 59.8 cm³/mol. The molecule has 0 aromatic rings. The lowest BCUT2D eigenvalue weighted by Crippen LogP contribution is -3.15. The van der Waals surface area contributed by atoms with Crippen LogP contribution in [0.4, 0.5) is 0 Å². The van der Waals surface area contributed by atoms with Gasteiger partial charge in [0, 0.05) is 25.2 Å². The molecule has 2 aliphatic carbocycles. The number of nitrogens with one attached hydrogen (secondary N) is 1. The molecule has 3 fully saturated rings. The molecule has 2 heteroatoms. The number of aliphatic hydroxyl groups excluding tert-OH is 1. The average Bonchev–Trinajstić information content (AvgIpc) is 2.70. The van der Waals surface area contributed by atoms with Gasteiger partial charge in [-0.2, -0.15) is 0 Å². The Kier molecular flexibility index (Phi) is 2.73. The molecule has 2 saturated carbocycles. The number of aliphatic hydroxyl groups is 1. The summed E-state index contributed by atoms with van der Waals surface area (Å²) >= 11 is 0. The quantitative estimate of drug-likeness (QED) is 0.651. The largest absolute Gasteiger partial charge is 0.392 e. The van der Waals surface area contributed by atoms with Gasteiger partial charge in [0.25, 0.3) is 0 Å². The Labute approximate surface area is 92.7 Å². The zero-order chi connectivity index (χ0) is 10.3. The van der Waals surface area contributed by atoms with Gasteiger partial charge in [-0.25, -0.2) is 0 Å². The molecule has 3 aliphatic rings. The van der Waals surface area contributed by atoms with Gasteiger partial charge in [0.2, 0.25) is 0 Å². The summed E-state index contributed by atoms with van der Waals surface area (Å²) in [7, 11) is 0. The summed E-state index contributed by atoms with van der Waals surface area (Å²) in [6, 6.07) is 0.805. The lowest BCUT2D eigenvalue weighted by atomic mass is 9.67. The van der Waals surface area contributed by atoms with Gasteiger partial charge in [0.1, 0.15) is 0 Å². The molecule has 0 spiro atoms. The second kappa shape index (κ2) is 4.06. The van der Waals surface area contributed by atoms with Crippen LogP contribution in [-0.2, 0) is 0 Å². The lowest BCUT2D eigenvalue weighted by Gasteiger charge is -2.45. The van der Waals surface area contributed by atoms with Crippen molar-refractivity contribution in [3.8, 4) is 0 Å². The van der Waals surface area contributed by atoms with E-state index in [0.717, 1.165) is 6.04 Å². The Hall–Kier alpha value is -0.0800. The van der Waals surface area contributed by atoms with Crippen LogP contribution in [0.2, 0.25) is 0 Å². The molecule has 0 amide bonds. The maximum Gasteiger partial charge on any atom is 0.0928 e. The molecule has 15 heavy (non-hydrogen) atoms. The molecule has 2 nitrogen and oxygen atoms in total. The average molecular weight is 210 g/mol. The summed E-state index contributed by atoms with van der Waals surface area (Å²) in [5, 5.41) is 10.3. The summed E-state index contributed by atoms with van der Waals surface area (Å²) in [5.74, 6) is 1.30. The standard InChI is InChI=1S/C13H23NO/c15-13-10-4-3-5-11(13)12(7-6-10)14-8-1-2-9-14/h10-13,15H,1-9H2/p+1/t10-,11+,12+,13-/m1/s1. The molecule has 1 aliphatic heterocycles. The van der Waals surface area contributed by atoms with Crippen LogP contribution in [0.15, 0.2) is 0 Å². The third-order valence-electron chi connectivity index (χ3n) is 5.17. The van der Waals surface area contributed by atoms with Gasteiger partial charge >= 0.3 is 0 Å². The van der Waals surface area contributed by atoms with Gasteiger partial charge in [-0.15, -0.1) is 0 Å². The summed E-state index contributed by atoms with van der Waals surface area (Å²) in [5.41, 5.74) is 0. The highest BCUT2D eigenvalue weighted by Crippen LogP contribution is 2.39. The molecule has 0 unspecified atom stereocenters. The van der Waals surface area contributed by atoms with E-state index in [1.807, 2.05) is 4.90 Å². The first-order chi connectivity index (χ1) is 7.36. The SMILES string of the molecule is O[C@@H]1[C@@H]2CCC[C@H]1[C@@H]([NH+]1CCCC1)CC2. The summed E-state index contributed by atoms with van der Waals surface area (Å²) in [6.07, 6.45) is 9.52. The fourth-order valence-electron chi connectivity index (χ4n) is 4.38. The Morgan fingerprint density at radius 3 is 2.47 bits per heavy atom. The molecule has 2 bridgehead atoms. The van der Waals surface area contributed by atoms with E-state index in [1.54, 1.807) is 0 Å². The number of likely N-dealkylation sites (tertiary alicyclic amines) is 1. The van der Waals surface area contributed by atoms with Crippen LogP contribution < -0.4 is 4.90 Å². The van der Waals surface area contributed by atoms with Crippen LogP contribution >= 0.6 is 0 Å². The van der Waals surface area contributed by atoms with Gasteiger partial charge in [-0.3, -0.25) is 0 Å². The van der Waals surface area contributed by atoms with Crippen molar-refractivity contribution >= 4 is 0 Å². The van der Waals surface area contributed by atoms with Gasteiger partial charge in [0.05, 0.1) is 25.2 Å². The van der Waals surface area contributed by atoms with E-state index in [0.29, 0.717) is 11.8 Å². The Morgan fingerprint density at radius 2 is 1.67 bits per heavy atom. The molecule has 1 heterocycles. The van der Waals surface area contributed by atoms with Gasteiger partial charge in [-0.05, 0) is 25.2 Å². The fraction of sp³-hybridized carbons (Fsp3) is 1.00. The molecule has 0 aromatic carbocycles. The molecule has 0 radical (unpaired) electrons. The fourth-order valence-corrected chi connectivity index (χ4v) is 4.38. The maximum absolute atomic E-state index is 10.3. The highest BCUT2D eigenvalue weighted by Gasteiger charge is 2.45. The van der Waals surface area contributed by atoms with E-state index in [1.165, 1.54) is 58.0 Å². The third-order valence-corrected chi connectivity index (χ3v) is 5.17. The Balaban J connectivity index is 1.73. The van der Waals surface area contributed by atoms with Crippen molar-refractivity contribution in [1.29, 1.82) is 0 Å². The highest BCUT2D eigenvalue weighted by molar-refractivity contribution is 4.91. The zero-order valence-electron chi connectivity index (χ0n) is 9.62. The van der Waals surface area contributed by atoms with Gasteiger partial charge < -0.3 is 10.0 Å². The van der Waals surface area contributed by atoms with Crippen molar-refractivity contribution in [2.45, 2.75) is 57.1 Å². The number of fused-ring (bicyclic) bond motifs is 2. The molecule has 86 valence electrons. The van der Waals surface area contributed by atoms with Crippen LogP contribution in [0.5, 0.6) is 0 Å². The van der Waals surface area contributed by atoms with E-state index in [9.17, 15) is 5.11 Å². The number of hydrogen-bond donors (Lipinski definition) is 2. The number of rotatable bonds is 1. The van der Waals surface area contributed by atoms with E-state index >= 15 is 0 Å². The first kappa shape index (κ1) is 10.1. The first-order valence-corrected chi connectivity index (χ1v) is 6.89. The van der Waals surface area contributed by atoms with E-state index < -0.39 is 0 Å². The highest BCUT2D eigenvalue weighted by atomic mass is 16.3. The molecular formula is C13H24NO+. The molecule has 2 N–H and O–H groups in total. The summed E-state index contributed by atoms with van der Waals surface area (Å²) < 4.78 is 0. The van der Waals surface area contributed by atoms with Gasteiger partial charge in [-0.1, -0.05) is 6.42 Å². The topological polar surface area (TPSA) is 24.7 Å². The van der Waals surface area contributed by atoms with Crippen LogP contribution in [0.1, 0.15) is 44.9 Å². The third kappa shape index (κ3) is 1.72. The van der Waals surface area contributed by atoms with Crippen LogP contribution in [0, 0.1) is 11.8 Å². The smallest absolute Gasteiger partial charge is 0.0928 e. The molecule has 1 saturated heterocycles. The molecule has 3 rings (SSSR count). The van der Waals surface area contributed by atoms with Gasteiger partial charge in [0.15, 0.2) is 0 Å². The van der Waals surface area contributed by atoms with Crippen LogP contribution in [0.3, 0.4) is 0 Å². The van der Waals surface area contributed by atoms with E-state index in [-0.39, 0.29) is 6.10 Å². The van der Waals surface area contributed by atoms with Crippen molar-refractivity contribution < 1.29 is 10.0 Å². The van der Waals surface area contributed by atoms with Crippen LogP contribution in [-0.4, -0.2) is 30.3 Å². The molecular weight excluding hydrogens is 186 g/mol. The van der Waals surface area contributed by atoms with Crippen molar-refractivity contribution in [2.75, 3.05) is 13.1 Å². The van der Waals surface area contributed by atoms with E-state index in [2.05, 4.69) is 0 Å². The second-order valence-electron chi connectivity index (χ2n) is 5.89. The lowest BCUT2D eigenvalue weighted by molar-refractivity contribution is -0.920. The minimum atomic E-state index is 0.0469. The molecule has 4 atom stereocenters. The van der Waals surface area contributed by atoms with Crippen molar-refractivity contribution in [3.63, 3.8) is 0 Å². The Bertz CT molecular complexity index is 225. The first-order valence-electron chi connectivity index (χ1n) is 6.89. The summed E-state index contributed by atoms with van der Waals surface area (Å²) in [4.78, 5) is 1.82. The van der Waals surface area contributed by atoms with E-state index in [4.69, 9.17) is 0 Å². The normalized spacial score (nSPS) is 47.0. The van der Waals surface area contributed by atoms with Crippen molar-refractivity contribution in [1.82, 2.24) is 0 Å².